The van der Waals surface area contributed by atoms with Crippen molar-refractivity contribution in [2.24, 2.45) is 0 Å². The largest absolute Gasteiger partial charge is 0.497 e. The molecule has 1 aliphatic heterocycles. The molecule has 1 unspecified atom stereocenters. The second kappa shape index (κ2) is 10.2. The molecule has 0 saturated carbocycles. The summed E-state index contributed by atoms with van der Waals surface area (Å²) in [4.78, 5) is 15.4. The van der Waals surface area contributed by atoms with E-state index in [0.29, 0.717) is 6.61 Å². The minimum atomic E-state index is -0.921. The van der Waals surface area contributed by atoms with Crippen LogP contribution in [0.25, 0.3) is 0 Å². The summed E-state index contributed by atoms with van der Waals surface area (Å²) in [5, 5.41) is 8.64. The summed E-state index contributed by atoms with van der Waals surface area (Å²) in [6.45, 7) is 4.76. The fraction of sp³-hybridized carbons (Fsp3) is 0.409. The van der Waals surface area contributed by atoms with Gasteiger partial charge in [-0.05, 0) is 23.3 Å². The Balaban J connectivity index is 1.64. The Morgan fingerprint density at radius 1 is 1.00 bits per heavy atom. The molecule has 1 heterocycles. The monoisotopic (exact) mass is 384 g/mol. The zero-order chi connectivity index (χ0) is 19.8. The maximum atomic E-state index is 10.5. The molecule has 0 aliphatic carbocycles. The van der Waals surface area contributed by atoms with Gasteiger partial charge < -0.3 is 14.6 Å². The van der Waals surface area contributed by atoms with Crippen LogP contribution in [0.15, 0.2) is 54.6 Å². The SMILES string of the molecule is COc1ccc(C(c2ccccc2)N2CCN(CCOCC(=O)O)CC2)cc1. The van der Waals surface area contributed by atoms with Gasteiger partial charge in [-0.25, -0.2) is 4.79 Å². The molecule has 1 atom stereocenters. The maximum absolute atomic E-state index is 10.5. The number of carbonyl (C=O) groups is 1. The number of hydrogen-bond acceptors (Lipinski definition) is 5. The number of ether oxygens (including phenoxy) is 2. The zero-order valence-corrected chi connectivity index (χ0v) is 16.3. The number of nitrogens with zero attached hydrogens (tertiary/aromatic N) is 2. The van der Waals surface area contributed by atoms with Crippen LogP contribution < -0.4 is 4.74 Å². The van der Waals surface area contributed by atoms with Crippen LogP contribution in [0.3, 0.4) is 0 Å². The van der Waals surface area contributed by atoms with Gasteiger partial charge in [0.15, 0.2) is 0 Å². The first kappa shape index (κ1) is 20.3. The highest BCUT2D eigenvalue weighted by molar-refractivity contribution is 5.67. The lowest BCUT2D eigenvalue weighted by Gasteiger charge is -2.39. The molecular weight excluding hydrogens is 356 g/mol. The number of hydrogen-bond donors (Lipinski definition) is 1. The number of carboxylic acids is 1. The van der Waals surface area contributed by atoms with E-state index in [1.807, 2.05) is 18.2 Å². The molecule has 1 N–H and O–H groups in total. The van der Waals surface area contributed by atoms with Crippen molar-refractivity contribution in [3.63, 3.8) is 0 Å². The van der Waals surface area contributed by atoms with E-state index >= 15 is 0 Å². The number of rotatable bonds is 9. The summed E-state index contributed by atoms with van der Waals surface area (Å²) < 4.78 is 10.5. The van der Waals surface area contributed by atoms with Crippen molar-refractivity contribution in [1.82, 2.24) is 9.80 Å². The minimum Gasteiger partial charge on any atom is -0.497 e. The van der Waals surface area contributed by atoms with Gasteiger partial charge in [-0.15, -0.1) is 0 Å². The molecule has 3 rings (SSSR count). The molecule has 28 heavy (non-hydrogen) atoms. The van der Waals surface area contributed by atoms with Gasteiger partial charge in [0.05, 0.1) is 19.8 Å². The highest BCUT2D eigenvalue weighted by atomic mass is 16.5. The minimum absolute atomic E-state index is 0.206. The van der Waals surface area contributed by atoms with Crippen LogP contribution in [0.4, 0.5) is 0 Å². The molecule has 1 aliphatic rings. The van der Waals surface area contributed by atoms with Crippen LogP contribution in [-0.4, -0.2) is 73.9 Å². The molecule has 0 bridgehead atoms. The number of piperazine rings is 1. The van der Waals surface area contributed by atoms with Gasteiger partial charge in [0.2, 0.25) is 0 Å². The van der Waals surface area contributed by atoms with Gasteiger partial charge >= 0.3 is 5.97 Å². The number of methoxy groups -OCH3 is 1. The molecule has 6 nitrogen and oxygen atoms in total. The van der Waals surface area contributed by atoms with Crippen LogP contribution in [0.5, 0.6) is 5.75 Å². The molecule has 1 fully saturated rings. The fourth-order valence-corrected chi connectivity index (χ4v) is 3.63. The Kier molecular flexibility index (Phi) is 7.42. The Labute approximate surface area is 166 Å². The van der Waals surface area contributed by atoms with E-state index in [2.05, 4.69) is 46.2 Å². The van der Waals surface area contributed by atoms with Gasteiger partial charge in [-0.2, -0.15) is 0 Å². The Morgan fingerprint density at radius 3 is 2.25 bits per heavy atom. The molecule has 0 amide bonds. The van der Waals surface area contributed by atoms with Gasteiger partial charge in [0.1, 0.15) is 12.4 Å². The molecular formula is C22H28N2O4. The molecule has 0 radical (unpaired) electrons. The molecule has 2 aromatic carbocycles. The Hall–Kier alpha value is -2.41. The summed E-state index contributed by atoms with van der Waals surface area (Å²) in [5.74, 6) is -0.0586. The van der Waals surface area contributed by atoms with Gasteiger partial charge in [-0.3, -0.25) is 9.80 Å². The summed E-state index contributed by atoms with van der Waals surface area (Å²) in [6, 6.07) is 19.1. The summed E-state index contributed by atoms with van der Waals surface area (Å²) >= 11 is 0. The first-order valence-corrected chi connectivity index (χ1v) is 9.62. The van der Waals surface area contributed by atoms with Gasteiger partial charge in [0, 0.05) is 32.7 Å². The van der Waals surface area contributed by atoms with E-state index in [-0.39, 0.29) is 12.6 Å². The first-order valence-electron chi connectivity index (χ1n) is 9.62. The van der Waals surface area contributed by atoms with Crippen LogP contribution in [0.1, 0.15) is 17.2 Å². The predicted octanol–water partition coefficient (Wildman–Crippen LogP) is 2.50. The number of aliphatic carboxylic acids is 1. The second-order valence-corrected chi connectivity index (χ2v) is 6.91. The number of carboxylic acid groups (broad SMARTS) is 1. The number of benzene rings is 2. The van der Waals surface area contributed by atoms with Gasteiger partial charge in [0.25, 0.3) is 0 Å². The Bertz CT molecular complexity index is 728. The maximum Gasteiger partial charge on any atom is 0.329 e. The van der Waals surface area contributed by atoms with Crippen molar-refractivity contribution in [2.75, 3.05) is 53.0 Å². The third kappa shape index (κ3) is 5.55. The Morgan fingerprint density at radius 2 is 1.64 bits per heavy atom. The van der Waals surface area contributed by atoms with Crippen LogP contribution in [-0.2, 0) is 9.53 Å². The average molecular weight is 384 g/mol. The van der Waals surface area contributed by atoms with Crippen LogP contribution in [0, 0.1) is 0 Å². The van der Waals surface area contributed by atoms with E-state index in [0.717, 1.165) is 38.5 Å². The first-order chi connectivity index (χ1) is 13.7. The lowest BCUT2D eigenvalue weighted by Crippen LogP contribution is -2.48. The fourth-order valence-electron chi connectivity index (χ4n) is 3.63. The molecule has 150 valence electrons. The quantitative estimate of drug-likeness (QED) is 0.671. The average Bonchev–Trinajstić information content (AvgIpc) is 2.74. The van der Waals surface area contributed by atoms with E-state index in [1.54, 1.807) is 7.11 Å². The molecule has 0 aromatic heterocycles. The molecule has 6 heteroatoms. The summed E-state index contributed by atoms with van der Waals surface area (Å²) in [6.07, 6.45) is 0. The summed E-state index contributed by atoms with van der Waals surface area (Å²) in [5.41, 5.74) is 2.54. The van der Waals surface area contributed by atoms with Crippen molar-refractivity contribution in [3.8, 4) is 5.75 Å². The van der Waals surface area contributed by atoms with Gasteiger partial charge in [-0.1, -0.05) is 42.5 Å². The normalized spacial score (nSPS) is 16.6. The standard InChI is InChI=1S/C22H28N2O4/c1-27-20-9-7-19(8-10-20)22(18-5-3-2-4-6-18)24-13-11-23(12-14-24)15-16-28-17-21(25)26/h2-10,22H,11-17H2,1H3,(H,25,26). The highest BCUT2D eigenvalue weighted by Crippen LogP contribution is 2.30. The second-order valence-electron chi connectivity index (χ2n) is 6.91. The van der Waals surface area contributed by atoms with Crippen molar-refractivity contribution in [1.29, 1.82) is 0 Å². The lowest BCUT2D eigenvalue weighted by atomic mass is 9.96. The van der Waals surface area contributed by atoms with Crippen molar-refractivity contribution < 1.29 is 19.4 Å². The molecule has 1 saturated heterocycles. The van der Waals surface area contributed by atoms with E-state index in [1.165, 1.54) is 11.1 Å². The molecule has 0 spiro atoms. The predicted molar refractivity (Wildman–Crippen MR) is 108 cm³/mol. The highest BCUT2D eigenvalue weighted by Gasteiger charge is 2.26. The smallest absolute Gasteiger partial charge is 0.329 e. The van der Waals surface area contributed by atoms with Crippen molar-refractivity contribution >= 4 is 5.97 Å². The third-order valence-electron chi connectivity index (χ3n) is 5.10. The van der Waals surface area contributed by atoms with Crippen molar-refractivity contribution in [2.45, 2.75) is 6.04 Å². The van der Waals surface area contributed by atoms with Crippen molar-refractivity contribution in [3.05, 3.63) is 65.7 Å². The molecule has 2 aromatic rings. The summed E-state index contributed by atoms with van der Waals surface area (Å²) in [7, 11) is 1.68. The third-order valence-corrected chi connectivity index (χ3v) is 5.10. The lowest BCUT2D eigenvalue weighted by molar-refractivity contribution is -0.142. The van der Waals surface area contributed by atoms with E-state index < -0.39 is 5.97 Å². The van der Waals surface area contributed by atoms with E-state index in [4.69, 9.17) is 14.6 Å². The van der Waals surface area contributed by atoms with Crippen LogP contribution >= 0.6 is 0 Å². The van der Waals surface area contributed by atoms with Crippen LogP contribution in [0.2, 0.25) is 0 Å². The zero-order valence-electron chi connectivity index (χ0n) is 16.3. The topological polar surface area (TPSA) is 62.2 Å². The van der Waals surface area contributed by atoms with E-state index in [9.17, 15) is 4.79 Å².